The zero-order valence-corrected chi connectivity index (χ0v) is 13.0. The molecule has 0 radical (unpaired) electrons. The van der Waals surface area contributed by atoms with Crippen LogP contribution < -0.4 is 0 Å². The van der Waals surface area contributed by atoms with Crippen LogP contribution in [-0.2, 0) is 0 Å². The van der Waals surface area contributed by atoms with Gasteiger partial charge in [0.1, 0.15) is 0 Å². The molecule has 1 nitrogen and oxygen atoms in total. The lowest BCUT2D eigenvalue weighted by Gasteiger charge is -2.10. The minimum Gasteiger partial charge on any atom is -0.355 e. The Balaban J connectivity index is 1.92. The quantitative estimate of drug-likeness (QED) is 0.477. The molecule has 0 bridgehead atoms. The van der Waals surface area contributed by atoms with Crippen molar-refractivity contribution >= 4 is 33.1 Å². The fourth-order valence-electron chi connectivity index (χ4n) is 3.01. The molecule has 21 heavy (non-hydrogen) atoms. The summed E-state index contributed by atoms with van der Waals surface area (Å²) in [6.07, 6.45) is 0. The molecule has 4 aromatic rings. The molecule has 1 unspecified atom stereocenters. The van der Waals surface area contributed by atoms with Crippen LogP contribution >= 0.6 is 11.3 Å². The number of benzene rings is 2. The predicted octanol–water partition coefficient (Wildman–Crippen LogP) is 5.84. The summed E-state index contributed by atoms with van der Waals surface area (Å²) >= 11 is 1.77. The summed E-state index contributed by atoms with van der Waals surface area (Å²) in [4.78, 5) is 3.51. The summed E-state index contributed by atoms with van der Waals surface area (Å²) in [5.74, 6) is 0.440. The molecular weight excluding hydrogens is 274 g/mol. The fourth-order valence-corrected chi connectivity index (χ4v) is 3.77. The van der Waals surface area contributed by atoms with Gasteiger partial charge in [-0.05, 0) is 59.1 Å². The van der Waals surface area contributed by atoms with E-state index in [1.165, 1.54) is 38.5 Å². The molecule has 2 heterocycles. The second kappa shape index (κ2) is 4.74. The fraction of sp³-hybridized carbons (Fsp3) is 0.158. The first kappa shape index (κ1) is 12.7. The lowest BCUT2D eigenvalue weighted by atomic mass is 9.94. The lowest BCUT2D eigenvalue weighted by Crippen LogP contribution is -1.93. The zero-order valence-electron chi connectivity index (χ0n) is 12.2. The molecule has 2 aromatic carbocycles. The van der Waals surface area contributed by atoms with E-state index in [1.807, 2.05) is 0 Å². The van der Waals surface area contributed by atoms with Crippen molar-refractivity contribution in [2.45, 2.75) is 19.8 Å². The number of rotatable bonds is 2. The Labute approximate surface area is 128 Å². The van der Waals surface area contributed by atoms with E-state index < -0.39 is 0 Å². The van der Waals surface area contributed by atoms with E-state index in [-0.39, 0.29) is 0 Å². The van der Waals surface area contributed by atoms with Gasteiger partial charge in [0.15, 0.2) is 0 Å². The van der Waals surface area contributed by atoms with Crippen LogP contribution in [0.3, 0.4) is 0 Å². The largest absolute Gasteiger partial charge is 0.355 e. The van der Waals surface area contributed by atoms with Gasteiger partial charge in [-0.2, -0.15) is 11.3 Å². The van der Waals surface area contributed by atoms with E-state index in [9.17, 15) is 0 Å². The number of aromatic amines is 1. The molecule has 0 fully saturated rings. The average Bonchev–Trinajstić information content (AvgIpc) is 3.13. The van der Waals surface area contributed by atoms with Gasteiger partial charge in [-0.1, -0.05) is 24.6 Å². The number of hydrogen-bond acceptors (Lipinski definition) is 1. The van der Waals surface area contributed by atoms with Crippen LogP contribution in [0.1, 0.15) is 29.5 Å². The summed E-state index contributed by atoms with van der Waals surface area (Å²) < 4.78 is 0. The van der Waals surface area contributed by atoms with Crippen LogP contribution in [-0.4, -0.2) is 4.98 Å². The van der Waals surface area contributed by atoms with E-state index in [0.29, 0.717) is 5.92 Å². The molecule has 0 aliphatic carbocycles. The number of nitrogens with one attached hydrogen (secondary N) is 1. The van der Waals surface area contributed by atoms with E-state index in [1.54, 1.807) is 11.3 Å². The molecule has 1 N–H and O–H groups in total. The van der Waals surface area contributed by atoms with Crippen molar-refractivity contribution < 1.29 is 0 Å². The van der Waals surface area contributed by atoms with Crippen LogP contribution in [0.25, 0.3) is 21.8 Å². The van der Waals surface area contributed by atoms with Gasteiger partial charge in [0.2, 0.25) is 0 Å². The number of hydrogen-bond donors (Lipinski definition) is 1. The van der Waals surface area contributed by atoms with Crippen LogP contribution in [0, 0.1) is 6.92 Å². The molecule has 0 saturated heterocycles. The van der Waals surface area contributed by atoms with Crippen molar-refractivity contribution in [2.75, 3.05) is 0 Å². The third-order valence-corrected chi connectivity index (χ3v) is 5.02. The lowest BCUT2D eigenvalue weighted by molar-refractivity contribution is 0.931. The van der Waals surface area contributed by atoms with Crippen LogP contribution in [0.2, 0.25) is 0 Å². The minimum absolute atomic E-state index is 0.440. The molecule has 0 aliphatic rings. The average molecular weight is 291 g/mol. The van der Waals surface area contributed by atoms with Crippen molar-refractivity contribution in [3.63, 3.8) is 0 Å². The summed E-state index contributed by atoms with van der Waals surface area (Å²) in [7, 11) is 0. The Bertz CT molecular complexity index is 915. The number of H-pyrrole nitrogens is 1. The van der Waals surface area contributed by atoms with E-state index in [4.69, 9.17) is 0 Å². The molecule has 4 rings (SSSR count). The van der Waals surface area contributed by atoms with Gasteiger partial charge in [0.05, 0.1) is 0 Å². The Kier molecular flexibility index (Phi) is 2.86. The highest BCUT2D eigenvalue weighted by Crippen LogP contribution is 2.32. The second-order valence-electron chi connectivity index (χ2n) is 5.76. The third kappa shape index (κ3) is 2.07. The first-order valence-electron chi connectivity index (χ1n) is 7.26. The predicted molar refractivity (Wildman–Crippen MR) is 92.4 cm³/mol. The Morgan fingerprint density at radius 1 is 0.905 bits per heavy atom. The van der Waals surface area contributed by atoms with Crippen LogP contribution in [0.4, 0.5) is 0 Å². The van der Waals surface area contributed by atoms with Crippen molar-refractivity contribution in [1.29, 1.82) is 0 Å². The molecule has 0 saturated carbocycles. The smallest absolute Gasteiger partial charge is 0.0465 e. The monoisotopic (exact) mass is 291 g/mol. The molecule has 0 aliphatic heterocycles. The molecule has 104 valence electrons. The van der Waals surface area contributed by atoms with Gasteiger partial charge in [0, 0.05) is 27.7 Å². The number of fused-ring (bicyclic) bond motifs is 3. The third-order valence-electron chi connectivity index (χ3n) is 4.32. The summed E-state index contributed by atoms with van der Waals surface area (Å²) in [6.45, 7) is 4.43. The topological polar surface area (TPSA) is 15.8 Å². The highest BCUT2D eigenvalue weighted by molar-refractivity contribution is 7.08. The highest BCUT2D eigenvalue weighted by atomic mass is 32.1. The molecule has 1 atom stereocenters. The van der Waals surface area contributed by atoms with Gasteiger partial charge in [-0.25, -0.2) is 0 Å². The first-order chi connectivity index (χ1) is 10.2. The SMILES string of the molecule is Cc1ccc2[nH]c3ccc(C(C)c4ccsc4)cc3c2c1. The summed E-state index contributed by atoms with van der Waals surface area (Å²) in [5.41, 5.74) is 6.52. The normalized spacial score (nSPS) is 13.0. The van der Waals surface area contributed by atoms with E-state index >= 15 is 0 Å². The number of thiophene rings is 1. The highest BCUT2D eigenvalue weighted by Gasteiger charge is 2.11. The Morgan fingerprint density at radius 3 is 2.43 bits per heavy atom. The standard InChI is InChI=1S/C19H17NS/c1-12-3-5-18-16(9-12)17-10-14(4-6-19(17)20-18)13(2)15-7-8-21-11-15/h3-11,13,20H,1-2H3. The van der Waals surface area contributed by atoms with E-state index in [0.717, 1.165) is 0 Å². The van der Waals surface area contributed by atoms with Gasteiger partial charge in [-0.15, -0.1) is 0 Å². The first-order valence-corrected chi connectivity index (χ1v) is 8.21. The van der Waals surface area contributed by atoms with Gasteiger partial charge in [-0.3, -0.25) is 0 Å². The number of aromatic nitrogens is 1. The van der Waals surface area contributed by atoms with Crippen LogP contribution in [0.5, 0.6) is 0 Å². The Hall–Kier alpha value is -2.06. The van der Waals surface area contributed by atoms with Gasteiger partial charge in [0.25, 0.3) is 0 Å². The van der Waals surface area contributed by atoms with E-state index in [2.05, 4.69) is 72.1 Å². The van der Waals surface area contributed by atoms with Crippen molar-refractivity contribution in [3.05, 3.63) is 69.9 Å². The second-order valence-corrected chi connectivity index (χ2v) is 6.54. The minimum atomic E-state index is 0.440. The Morgan fingerprint density at radius 2 is 1.67 bits per heavy atom. The van der Waals surface area contributed by atoms with Gasteiger partial charge < -0.3 is 4.98 Å². The van der Waals surface area contributed by atoms with Crippen LogP contribution in [0.15, 0.2) is 53.2 Å². The molecular formula is C19H17NS. The van der Waals surface area contributed by atoms with Gasteiger partial charge >= 0.3 is 0 Å². The maximum atomic E-state index is 3.51. The zero-order chi connectivity index (χ0) is 14.4. The molecule has 2 aromatic heterocycles. The summed E-state index contributed by atoms with van der Waals surface area (Å²) in [6, 6.07) is 15.6. The maximum absolute atomic E-state index is 3.51. The number of aryl methyl sites for hydroxylation is 1. The molecule has 2 heteroatoms. The summed E-state index contributed by atoms with van der Waals surface area (Å²) in [5, 5.41) is 7.05. The van der Waals surface area contributed by atoms with Crippen molar-refractivity contribution in [3.8, 4) is 0 Å². The molecule has 0 amide bonds. The molecule has 0 spiro atoms. The maximum Gasteiger partial charge on any atom is 0.0465 e. The van der Waals surface area contributed by atoms with Crippen molar-refractivity contribution in [2.24, 2.45) is 0 Å². The van der Waals surface area contributed by atoms with Crippen molar-refractivity contribution in [1.82, 2.24) is 4.98 Å².